The van der Waals surface area contributed by atoms with Crippen LogP contribution in [0.15, 0.2) is 72.1 Å². The number of para-hydroxylation sites is 2. The van der Waals surface area contributed by atoms with E-state index in [4.69, 9.17) is 56.4 Å². The molecule has 0 N–H and O–H groups in total. The molecule has 0 radical (unpaired) electrons. The number of aromatic nitrogens is 2. The number of allylic oxidation sites excluding steroid dienone is 3. The van der Waals surface area contributed by atoms with Gasteiger partial charge in [-0.2, -0.15) is 0 Å². The summed E-state index contributed by atoms with van der Waals surface area (Å²) in [5, 5.41) is -0.370. The lowest BCUT2D eigenvalue weighted by Gasteiger charge is -2.29. The number of anilines is 4. The number of ketones is 2. The Bertz CT molecular complexity index is 2160. The van der Waals surface area contributed by atoms with Gasteiger partial charge in [-0.3, -0.25) is 19.4 Å². The Kier molecular flexibility index (Phi) is 7.92. The van der Waals surface area contributed by atoms with Crippen molar-refractivity contribution in [3.05, 3.63) is 137 Å². The molecule has 1 aromatic heterocycles. The van der Waals surface area contributed by atoms with Gasteiger partial charge >= 0.3 is 0 Å². The number of rotatable bonds is 3. The van der Waals surface area contributed by atoms with Crippen LogP contribution in [0.4, 0.5) is 23.0 Å². The number of benzene rings is 4. The van der Waals surface area contributed by atoms with Crippen molar-refractivity contribution in [2.45, 2.75) is 41.5 Å². The number of nitrogens with zero attached hydrogens (tertiary/aromatic N) is 4. The molecule has 0 fully saturated rings. The summed E-state index contributed by atoms with van der Waals surface area (Å²) in [7, 11) is 0. The van der Waals surface area contributed by atoms with Gasteiger partial charge in [0.15, 0.2) is 23.2 Å². The smallest absolute Gasteiger partial charge is 0.199 e. The molecule has 6 nitrogen and oxygen atoms in total. The van der Waals surface area contributed by atoms with Crippen molar-refractivity contribution in [1.82, 2.24) is 9.97 Å². The molecule has 7 rings (SSSR count). The maximum absolute atomic E-state index is 13.8. The average Bonchev–Trinajstić information content (AvgIpc) is 3.45. The molecule has 5 aromatic rings. The number of halogens is 4. The predicted molar refractivity (Wildman–Crippen MR) is 196 cm³/mol. The summed E-state index contributed by atoms with van der Waals surface area (Å²) in [4.78, 5) is 42.1. The monoisotopic (exact) mass is 712 g/mol. The van der Waals surface area contributed by atoms with Gasteiger partial charge in [-0.15, -0.1) is 0 Å². The lowest BCUT2D eigenvalue weighted by molar-refractivity contribution is 0.0989. The fourth-order valence-corrected chi connectivity index (χ4v) is 8.00. The van der Waals surface area contributed by atoms with Gasteiger partial charge < -0.3 is 0 Å². The van der Waals surface area contributed by atoms with Gasteiger partial charge in [0.25, 0.3) is 0 Å². The van der Waals surface area contributed by atoms with Crippen LogP contribution >= 0.6 is 46.4 Å². The van der Waals surface area contributed by atoms with Gasteiger partial charge in [0.1, 0.15) is 5.82 Å². The molecule has 0 saturated heterocycles. The fraction of sp³-hybridized carbons (Fsp3) is 0.158. The lowest BCUT2D eigenvalue weighted by atomic mass is 10.0. The predicted octanol–water partition coefficient (Wildman–Crippen LogP) is 11.2. The number of aryl methyl sites for hydroxylation is 6. The van der Waals surface area contributed by atoms with Crippen molar-refractivity contribution < 1.29 is 9.59 Å². The Morgan fingerprint density at radius 1 is 0.562 bits per heavy atom. The Labute approximate surface area is 298 Å². The highest BCUT2D eigenvalue weighted by molar-refractivity contribution is 6.57. The van der Waals surface area contributed by atoms with E-state index in [2.05, 4.69) is 75.6 Å². The van der Waals surface area contributed by atoms with E-state index in [9.17, 15) is 9.59 Å². The van der Waals surface area contributed by atoms with E-state index in [1.54, 1.807) is 6.08 Å². The van der Waals surface area contributed by atoms with Crippen LogP contribution in [-0.4, -0.2) is 21.5 Å². The van der Waals surface area contributed by atoms with E-state index in [1.165, 1.54) is 6.08 Å². The van der Waals surface area contributed by atoms with Gasteiger partial charge in [-0.1, -0.05) is 93.9 Å². The first-order valence-corrected chi connectivity index (χ1v) is 16.7. The summed E-state index contributed by atoms with van der Waals surface area (Å²) in [6.07, 6.45) is 3.27. The number of hydrogen-bond acceptors (Lipinski definition) is 6. The zero-order valence-corrected chi connectivity index (χ0v) is 29.9. The summed E-state index contributed by atoms with van der Waals surface area (Å²) < 4.78 is 0. The molecule has 10 heteroatoms. The molecule has 2 aliphatic rings. The zero-order chi connectivity index (χ0) is 34.3. The normalized spacial score (nSPS) is 14.0. The highest BCUT2D eigenvalue weighted by Gasteiger charge is 2.41. The molecule has 4 aromatic carbocycles. The fourth-order valence-electron chi connectivity index (χ4n) is 6.98. The van der Waals surface area contributed by atoms with Gasteiger partial charge in [0.05, 0.1) is 59.2 Å². The van der Waals surface area contributed by atoms with Crippen LogP contribution in [0, 0.1) is 41.5 Å². The third kappa shape index (κ3) is 4.85. The average molecular weight is 714 g/mol. The van der Waals surface area contributed by atoms with Gasteiger partial charge in [0.2, 0.25) is 0 Å². The van der Waals surface area contributed by atoms with E-state index in [0.29, 0.717) is 17.5 Å². The number of carbonyl (C=O) groups is 2. The molecular weight excluding hydrogens is 686 g/mol. The molecule has 0 spiro atoms. The van der Waals surface area contributed by atoms with E-state index >= 15 is 0 Å². The Balaban J connectivity index is 1.55. The summed E-state index contributed by atoms with van der Waals surface area (Å²) in [6, 6.07) is 16.2. The summed E-state index contributed by atoms with van der Waals surface area (Å²) in [6.45, 7) is 12.4. The first kappa shape index (κ1) is 32.4. The maximum atomic E-state index is 13.8. The van der Waals surface area contributed by atoms with Crippen LogP contribution in [0.3, 0.4) is 0 Å². The van der Waals surface area contributed by atoms with Crippen LogP contribution in [0.5, 0.6) is 0 Å². The SMILES string of the molecule is Cc1cc(C)c(N2C(=CC=C3C(=O)c4c(Cl)c(Cl)c(Cl)c(Cl)c4C3=O)N(c3c(C)cc(C)cc3C)c3nc4ccccc4nc32)c(C)c1. The molecule has 1 aliphatic heterocycles. The molecule has 240 valence electrons. The third-order valence-electron chi connectivity index (χ3n) is 8.74. The molecule has 2 heterocycles. The van der Waals surface area contributed by atoms with E-state index in [1.807, 2.05) is 24.3 Å². The van der Waals surface area contributed by atoms with Crippen molar-refractivity contribution in [2.24, 2.45) is 0 Å². The van der Waals surface area contributed by atoms with E-state index < -0.39 is 11.6 Å². The number of fused-ring (bicyclic) bond motifs is 3. The van der Waals surface area contributed by atoms with Crippen LogP contribution < -0.4 is 9.80 Å². The largest absolute Gasteiger partial charge is 0.288 e. The Hall–Kier alpha value is -4.20. The van der Waals surface area contributed by atoms with Gasteiger partial charge in [0, 0.05) is 0 Å². The van der Waals surface area contributed by atoms with Crippen molar-refractivity contribution in [2.75, 3.05) is 9.80 Å². The molecule has 1 aliphatic carbocycles. The number of hydrogen-bond donors (Lipinski definition) is 0. The van der Waals surface area contributed by atoms with Crippen LogP contribution in [0.1, 0.15) is 54.1 Å². The molecule has 0 saturated carbocycles. The second-order valence-electron chi connectivity index (χ2n) is 12.3. The second kappa shape index (κ2) is 11.7. The molecule has 48 heavy (non-hydrogen) atoms. The minimum Gasteiger partial charge on any atom is -0.288 e. The first-order chi connectivity index (χ1) is 22.8. The lowest BCUT2D eigenvalue weighted by Crippen LogP contribution is -2.24. The van der Waals surface area contributed by atoms with Crippen molar-refractivity contribution in [3.8, 4) is 0 Å². The molecule has 0 unspecified atom stereocenters. The van der Waals surface area contributed by atoms with Crippen LogP contribution in [0.2, 0.25) is 20.1 Å². The quantitative estimate of drug-likeness (QED) is 0.0802. The highest BCUT2D eigenvalue weighted by atomic mass is 35.5. The first-order valence-electron chi connectivity index (χ1n) is 15.2. The maximum Gasteiger partial charge on any atom is 0.199 e. The summed E-state index contributed by atoms with van der Waals surface area (Å²) >= 11 is 25.5. The number of carbonyl (C=O) groups excluding carboxylic acids is 2. The van der Waals surface area contributed by atoms with Crippen LogP contribution in [-0.2, 0) is 0 Å². The molecule has 0 bridgehead atoms. The zero-order valence-electron chi connectivity index (χ0n) is 26.9. The topological polar surface area (TPSA) is 66.4 Å². The van der Waals surface area contributed by atoms with Gasteiger partial charge in [-0.25, -0.2) is 9.97 Å². The van der Waals surface area contributed by atoms with Gasteiger partial charge in [-0.05, 0) is 88.1 Å². The van der Waals surface area contributed by atoms with E-state index in [0.717, 1.165) is 55.8 Å². The number of Topliss-reactive ketones (excluding diaryl/α,β-unsaturated/α-hetero) is 2. The minimum atomic E-state index is -0.585. The van der Waals surface area contributed by atoms with Crippen molar-refractivity contribution >= 4 is 92.0 Å². The molecular formula is C38H28Cl4N4O2. The van der Waals surface area contributed by atoms with Crippen LogP contribution in [0.25, 0.3) is 11.0 Å². The minimum absolute atomic E-state index is 0.0563. The summed E-state index contributed by atoms with van der Waals surface area (Å²) in [5.41, 5.74) is 9.40. The second-order valence-corrected chi connectivity index (χ2v) is 13.8. The van der Waals surface area contributed by atoms with Crippen molar-refractivity contribution in [1.29, 1.82) is 0 Å². The third-order valence-corrected chi connectivity index (χ3v) is 10.5. The summed E-state index contributed by atoms with van der Waals surface area (Å²) in [5.74, 6) is 0.689. The van der Waals surface area contributed by atoms with Crippen molar-refractivity contribution in [3.63, 3.8) is 0 Å². The Morgan fingerprint density at radius 2 is 0.938 bits per heavy atom. The standard InChI is InChI=1S/C38H28Cl4N4O2/c1-17-13-19(3)33(20(4)14-17)45-26(12-11-23-35(47)27-28(36(23)48)30(40)32(42)31(41)29(27)39)46(34-21(5)15-18(2)16-22(34)6)38-37(45)43-24-9-7-8-10-25(24)44-38/h7-16H,1-6H3. The molecule has 0 atom stereocenters. The highest BCUT2D eigenvalue weighted by Crippen LogP contribution is 2.52. The Morgan fingerprint density at radius 3 is 1.31 bits per heavy atom. The molecule has 0 amide bonds. The van der Waals surface area contributed by atoms with E-state index in [-0.39, 0.29) is 36.8 Å².